The van der Waals surface area contributed by atoms with Crippen molar-refractivity contribution in [3.63, 3.8) is 0 Å². The third-order valence-corrected chi connectivity index (χ3v) is 2.46. The molecular weight excluding hydrogens is 170 g/mol. The Morgan fingerprint density at radius 1 is 1.23 bits per heavy atom. The van der Waals surface area contributed by atoms with E-state index in [1.807, 2.05) is 0 Å². The van der Waals surface area contributed by atoms with Gasteiger partial charge in [-0.15, -0.1) is 0 Å². The van der Waals surface area contributed by atoms with Crippen LogP contribution in [0.4, 0.5) is 0 Å². The van der Waals surface area contributed by atoms with Gasteiger partial charge in [0.1, 0.15) is 0 Å². The highest BCUT2D eigenvalue weighted by Gasteiger charge is 2.49. The minimum absolute atomic E-state index is 0.00833. The largest absolute Gasteiger partial charge is 0.327 e. The Kier molecular flexibility index (Phi) is 2.03. The molecule has 4 heteroatoms. The Morgan fingerprint density at radius 3 is 2.23 bits per heavy atom. The number of hydrogen-bond donors (Lipinski definition) is 0. The summed E-state index contributed by atoms with van der Waals surface area (Å²) in [6.07, 6.45) is 0.899. The summed E-state index contributed by atoms with van der Waals surface area (Å²) in [5, 5.41) is 8.45. The van der Waals surface area contributed by atoms with Crippen LogP contribution < -0.4 is 0 Å². The van der Waals surface area contributed by atoms with Crippen LogP contribution in [0.25, 0.3) is 0 Å². The van der Waals surface area contributed by atoms with Crippen molar-refractivity contribution >= 4 is 0 Å². The molecule has 3 aliphatic heterocycles. The average Bonchev–Trinajstić information content (AvgIpc) is 2.18. The molecule has 0 aromatic carbocycles. The fourth-order valence-electron chi connectivity index (χ4n) is 1.53. The van der Waals surface area contributed by atoms with E-state index >= 15 is 0 Å². The summed E-state index contributed by atoms with van der Waals surface area (Å²) in [6, 6.07) is 2.06. The smallest absolute Gasteiger partial charge is 0.283 e. The average molecular weight is 183 g/mol. The van der Waals surface area contributed by atoms with Gasteiger partial charge >= 0.3 is 0 Å². The van der Waals surface area contributed by atoms with Crippen molar-refractivity contribution in [2.75, 3.05) is 19.8 Å². The molecule has 0 saturated carbocycles. The highest BCUT2D eigenvalue weighted by Crippen LogP contribution is 2.39. The van der Waals surface area contributed by atoms with Crippen LogP contribution in [-0.2, 0) is 14.2 Å². The second-order valence-electron chi connectivity index (χ2n) is 4.02. The summed E-state index contributed by atoms with van der Waals surface area (Å²) in [6.45, 7) is 4.07. The second-order valence-corrected chi connectivity index (χ2v) is 4.02. The fraction of sp³-hybridized carbons (Fsp3) is 0.889. The van der Waals surface area contributed by atoms with Crippen LogP contribution in [-0.4, -0.2) is 25.8 Å². The zero-order chi connectivity index (χ0) is 9.36. The zero-order valence-electron chi connectivity index (χ0n) is 7.71. The first-order valence-electron chi connectivity index (χ1n) is 4.47. The van der Waals surface area contributed by atoms with Gasteiger partial charge in [-0.1, -0.05) is 6.92 Å². The van der Waals surface area contributed by atoms with Crippen molar-refractivity contribution in [2.24, 2.45) is 5.41 Å². The lowest BCUT2D eigenvalue weighted by Gasteiger charge is -2.50. The van der Waals surface area contributed by atoms with E-state index in [1.54, 1.807) is 0 Å². The lowest BCUT2D eigenvalue weighted by Crippen LogP contribution is -2.58. The predicted octanol–water partition coefficient (Wildman–Crippen LogP) is 1.03. The Hall–Kier alpha value is -0.630. The van der Waals surface area contributed by atoms with Gasteiger partial charge in [0.2, 0.25) is 0 Å². The fourth-order valence-corrected chi connectivity index (χ4v) is 1.53. The number of nitrogens with zero attached hydrogens (tertiary/aromatic N) is 1. The lowest BCUT2D eigenvalue weighted by molar-refractivity contribution is -0.467. The Balaban J connectivity index is 1.99. The number of rotatable bonds is 2. The quantitative estimate of drug-likeness (QED) is 0.641. The van der Waals surface area contributed by atoms with Crippen molar-refractivity contribution in [3.8, 4) is 6.07 Å². The molecule has 0 atom stereocenters. The summed E-state index contributed by atoms with van der Waals surface area (Å²) >= 11 is 0. The first-order chi connectivity index (χ1) is 6.18. The van der Waals surface area contributed by atoms with E-state index in [1.165, 1.54) is 0 Å². The molecular formula is C9H13NO3. The number of fused-ring (bicyclic) bond motifs is 3. The van der Waals surface area contributed by atoms with Gasteiger partial charge in [-0.3, -0.25) is 0 Å². The van der Waals surface area contributed by atoms with E-state index in [0.29, 0.717) is 32.7 Å². The molecule has 0 aromatic rings. The highest BCUT2D eigenvalue weighted by molar-refractivity contribution is 4.86. The highest BCUT2D eigenvalue weighted by atomic mass is 16.9. The van der Waals surface area contributed by atoms with Crippen molar-refractivity contribution in [3.05, 3.63) is 0 Å². The molecule has 3 saturated heterocycles. The molecule has 0 aromatic heterocycles. The third-order valence-electron chi connectivity index (χ3n) is 2.46. The molecule has 4 nitrogen and oxygen atoms in total. The maximum Gasteiger partial charge on any atom is 0.283 e. The van der Waals surface area contributed by atoms with Crippen molar-refractivity contribution < 1.29 is 14.2 Å². The van der Waals surface area contributed by atoms with Crippen LogP contribution in [0.15, 0.2) is 0 Å². The van der Waals surface area contributed by atoms with Gasteiger partial charge in [0.05, 0.1) is 25.9 Å². The van der Waals surface area contributed by atoms with Crippen LogP contribution in [0, 0.1) is 16.7 Å². The molecule has 2 bridgehead atoms. The molecule has 3 rings (SSSR count). The maximum atomic E-state index is 8.45. The summed E-state index contributed by atoms with van der Waals surface area (Å²) < 4.78 is 16.4. The monoisotopic (exact) mass is 183 g/mol. The van der Waals surface area contributed by atoms with Gasteiger partial charge in [-0.2, -0.15) is 5.26 Å². The third kappa shape index (κ3) is 1.55. The summed E-state index contributed by atoms with van der Waals surface area (Å²) in [5.41, 5.74) is 0.00833. The Morgan fingerprint density at radius 2 is 1.77 bits per heavy atom. The molecule has 13 heavy (non-hydrogen) atoms. The minimum atomic E-state index is -0.909. The van der Waals surface area contributed by atoms with Crippen molar-refractivity contribution in [2.45, 2.75) is 25.7 Å². The normalized spacial score (nSPS) is 43.1. The van der Waals surface area contributed by atoms with E-state index < -0.39 is 5.97 Å². The Bertz CT molecular complexity index is 221. The molecule has 3 fully saturated rings. The summed E-state index contributed by atoms with van der Waals surface area (Å²) in [7, 11) is 0. The van der Waals surface area contributed by atoms with Gasteiger partial charge in [-0.05, 0) is 0 Å². The summed E-state index contributed by atoms with van der Waals surface area (Å²) in [4.78, 5) is 0. The second kappa shape index (κ2) is 2.95. The van der Waals surface area contributed by atoms with Gasteiger partial charge in [0.25, 0.3) is 5.97 Å². The standard InChI is InChI=1S/C9H13NO3/c1-8-5-11-9(12-6-8,13-7-8)3-2-4-10/h2-3,5-7H2,1H3. The molecule has 0 N–H and O–H groups in total. The van der Waals surface area contributed by atoms with Gasteiger partial charge in [-0.25, -0.2) is 0 Å². The van der Waals surface area contributed by atoms with E-state index in [0.717, 1.165) is 0 Å². The zero-order valence-corrected chi connectivity index (χ0v) is 7.71. The van der Waals surface area contributed by atoms with Gasteiger partial charge in [0, 0.05) is 18.3 Å². The number of hydrogen-bond acceptors (Lipinski definition) is 4. The maximum absolute atomic E-state index is 8.45. The SMILES string of the molecule is CC12COC(CCC#N)(OC1)OC2. The van der Waals surface area contributed by atoms with E-state index in [-0.39, 0.29) is 5.41 Å². The van der Waals surface area contributed by atoms with E-state index in [9.17, 15) is 0 Å². The van der Waals surface area contributed by atoms with E-state index in [4.69, 9.17) is 19.5 Å². The predicted molar refractivity (Wildman–Crippen MR) is 43.5 cm³/mol. The van der Waals surface area contributed by atoms with Crippen LogP contribution in [0.5, 0.6) is 0 Å². The first kappa shape index (κ1) is 8.95. The molecule has 3 aliphatic rings. The molecule has 0 spiro atoms. The van der Waals surface area contributed by atoms with Crippen molar-refractivity contribution in [1.82, 2.24) is 0 Å². The molecule has 0 radical (unpaired) electrons. The summed E-state index contributed by atoms with van der Waals surface area (Å²) in [5.74, 6) is -0.909. The molecule has 0 unspecified atom stereocenters. The van der Waals surface area contributed by atoms with Crippen LogP contribution in [0.1, 0.15) is 19.8 Å². The minimum Gasteiger partial charge on any atom is -0.327 e. The van der Waals surface area contributed by atoms with Crippen LogP contribution >= 0.6 is 0 Å². The van der Waals surface area contributed by atoms with Crippen molar-refractivity contribution in [1.29, 1.82) is 5.26 Å². The van der Waals surface area contributed by atoms with Gasteiger partial charge in [0.15, 0.2) is 0 Å². The topological polar surface area (TPSA) is 51.5 Å². The number of nitriles is 1. The Labute approximate surface area is 77.4 Å². The lowest BCUT2D eigenvalue weighted by atomic mass is 9.91. The number of ether oxygens (including phenoxy) is 3. The molecule has 72 valence electrons. The van der Waals surface area contributed by atoms with Crippen LogP contribution in [0.2, 0.25) is 0 Å². The van der Waals surface area contributed by atoms with Gasteiger partial charge < -0.3 is 14.2 Å². The van der Waals surface area contributed by atoms with E-state index in [2.05, 4.69) is 13.0 Å². The molecule has 0 aliphatic carbocycles. The van der Waals surface area contributed by atoms with Crippen LogP contribution in [0.3, 0.4) is 0 Å². The molecule has 0 amide bonds. The molecule has 3 heterocycles. The first-order valence-corrected chi connectivity index (χ1v) is 4.47.